The number of nitrogens with one attached hydrogen (secondary N) is 2. The van der Waals surface area contributed by atoms with E-state index in [1.165, 1.54) is 0 Å². The van der Waals surface area contributed by atoms with Crippen molar-refractivity contribution in [3.63, 3.8) is 0 Å². The van der Waals surface area contributed by atoms with Crippen molar-refractivity contribution in [2.75, 3.05) is 18.1 Å². The molecule has 1 unspecified atom stereocenters. The predicted octanol–water partition coefficient (Wildman–Crippen LogP) is 1.87. The summed E-state index contributed by atoms with van der Waals surface area (Å²) in [6.07, 6.45) is -3.98. The Balaban J connectivity index is 4.22. The summed E-state index contributed by atoms with van der Waals surface area (Å²) in [5.74, 6) is -0.852. The van der Waals surface area contributed by atoms with E-state index >= 15 is 0 Å². The summed E-state index contributed by atoms with van der Waals surface area (Å²) < 4.78 is 55.5. The molecule has 0 aliphatic heterocycles. The standard InChI is InChI=1S/C12H24F3N3O2S/c1-11(2,3)5-7-21(17,20)6-4-9(16)10(19)18-8-12(13,14)15/h9,17H,4-8,16H2,1-3H3,(H,18,19)/t9-,21?/m0/s1. The second-order valence-electron chi connectivity index (χ2n) is 6.26. The Morgan fingerprint density at radius 3 is 2.24 bits per heavy atom. The molecule has 4 N–H and O–H groups in total. The van der Waals surface area contributed by atoms with Gasteiger partial charge in [-0.1, -0.05) is 20.8 Å². The van der Waals surface area contributed by atoms with E-state index in [1.807, 2.05) is 20.8 Å². The molecule has 0 spiro atoms. The van der Waals surface area contributed by atoms with Gasteiger partial charge in [0.1, 0.15) is 6.54 Å². The van der Waals surface area contributed by atoms with Gasteiger partial charge in [-0.2, -0.15) is 13.2 Å². The van der Waals surface area contributed by atoms with Crippen molar-refractivity contribution in [3.05, 3.63) is 0 Å². The third kappa shape index (κ3) is 11.5. The average Bonchev–Trinajstić information content (AvgIpc) is 2.29. The molecule has 2 atom stereocenters. The lowest BCUT2D eigenvalue weighted by Gasteiger charge is -2.19. The number of hydrogen-bond donors (Lipinski definition) is 3. The van der Waals surface area contributed by atoms with Crippen LogP contribution in [0.4, 0.5) is 13.2 Å². The van der Waals surface area contributed by atoms with Crippen LogP contribution in [-0.2, 0) is 14.5 Å². The van der Waals surface area contributed by atoms with Crippen LogP contribution in [0, 0.1) is 10.2 Å². The van der Waals surface area contributed by atoms with Gasteiger partial charge >= 0.3 is 6.18 Å². The molecular weight excluding hydrogens is 307 g/mol. The number of alkyl halides is 3. The lowest BCUT2D eigenvalue weighted by atomic mass is 9.94. The van der Waals surface area contributed by atoms with E-state index in [0.717, 1.165) is 0 Å². The number of carbonyl (C=O) groups excluding carboxylic acids is 1. The fourth-order valence-corrected chi connectivity index (χ4v) is 3.12. The van der Waals surface area contributed by atoms with Crippen LogP contribution in [0.3, 0.4) is 0 Å². The van der Waals surface area contributed by atoms with Gasteiger partial charge in [-0.3, -0.25) is 9.57 Å². The van der Waals surface area contributed by atoms with Gasteiger partial charge < -0.3 is 11.1 Å². The van der Waals surface area contributed by atoms with E-state index in [9.17, 15) is 22.2 Å². The molecule has 1 amide bonds. The first kappa shape index (κ1) is 20.2. The zero-order valence-electron chi connectivity index (χ0n) is 12.5. The fraction of sp³-hybridized carbons (Fsp3) is 0.917. The third-order valence-corrected chi connectivity index (χ3v) is 4.50. The Morgan fingerprint density at radius 2 is 1.81 bits per heavy atom. The van der Waals surface area contributed by atoms with Crippen LogP contribution in [0.25, 0.3) is 0 Å². The average molecular weight is 331 g/mol. The maximum Gasteiger partial charge on any atom is 0.405 e. The molecule has 0 bridgehead atoms. The minimum Gasteiger partial charge on any atom is -0.346 e. The van der Waals surface area contributed by atoms with Crippen molar-refractivity contribution in [2.45, 2.75) is 45.8 Å². The Morgan fingerprint density at radius 1 is 1.29 bits per heavy atom. The molecule has 5 nitrogen and oxygen atoms in total. The lowest BCUT2D eigenvalue weighted by Crippen LogP contribution is -2.45. The lowest BCUT2D eigenvalue weighted by molar-refractivity contribution is -0.139. The van der Waals surface area contributed by atoms with Gasteiger partial charge in [0.2, 0.25) is 5.91 Å². The molecule has 21 heavy (non-hydrogen) atoms. The van der Waals surface area contributed by atoms with Crippen LogP contribution in [0.1, 0.15) is 33.6 Å². The minimum absolute atomic E-state index is 0.0596. The molecule has 0 saturated heterocycles. The molecular formula is C12H24F3N3O2S. The van der Waals surface area contributed by atoms with Gasteiger partial charge in [0, 0.05) is 21.2 Å². The molecule has 0 heterocycles. The Bertz CT molecular complexity index is 442. The van der Waals surface area contributed by atoms with Crippen LogP contribution < -0.4 is 11.1 Å². The molecule has 0 aromatic rings. The molecule has 0 aromatic heterocycles. The van der Waals surface area contributed by atoms with E-state index in [0.29, 0.717) is 6.42 Å². The highest BCUT2D eigenvalue weighted by molar-refractivity contribution is 7.92. The number of hydrogen-bond acceptors (Lipinski definition) is 4. The predicted molar refractivity (Wildman–Crippen MR) is 76.3 cm³/mol. The molecule has 0 saturated carbocycles. The van der Waals surface area contributed by atoms with Crippen LogP contribution in [0.5, 0.6) is 0 Å². The summed E-state index contributed by atoms with van der Waals surface area (Å²) in [4.78, 5) is 11.3. The summed E-state index contributed by atoms with van der Waals surface area (Å²) in [5.41, 5.74) is 5.39. The maximum absolute atomic E-state index is 12.0. The number of rotatable bonds is 7. The molecule has 126 valence electrons. The molecule has 0 aromatic carbocycles. The van der Waals surface area contributed by atoms with Gasteiger partial charge in [0.05, 0.1) is 6.04 Å². The number of nitrogens with two attached hydrogens (primary N) is 1. The van der Waals surface area contributed by atoms with Gasteiger partial charge in [0.15, 0.2) is 0 Å². The van der Waals surface area contributed by atoms with E-state index in [4.69, 9.17) is 10.5 Å². The zero-order valence-corrected chi connectivity index (χ0v) is 13.4. The first-order valence-electron chi connectivity index (χ1n) is 6.56. The zero-order chi connectivity index (χ0) is 16.9. The monoisotopic (exact) mass is 331 g/mol. The number of halogens is 3. The first-order valence-corrected chi connectivity index (χ1v) is 8.46. The quantitative estimate of drug-likeness (QED) is 0.664. The summed E-state index contributed by atoms with van der Waals surface area (Å²) >= 11 is 0. The van der Waals surface area contributed by atoms with E-state index < -0.39 is 34.4 Å². The van der Waals surface area contributed by atoms with Crippen LogP contribution in [0.2, 0.25) is 0 Å². The normalized spacial score (nSPS) is 17.1. The number of amides is 1. The van der Waals surface area contributed by atoms with Crippen molar-refractivity contribution in [3.8, 4) is 0 Å². The fourth-order valence-electron chi connectivity index (χ4n) is 1.34. The van der Waals surface area contributed by atoms with Crippen LogP contribution in [0.15, 0.2) is 0 Å². The molecule has 0 radical (unpaired) electrons. The summed E-state index contributed by atoms with van der Waals surface area (Å²) in [6.45, 7) is 4.43. The summed E-state index contributed by atoms with van der Waals surface area (Å²) in [5, 5.41) is 1.67. The van der Waals surface area contributed by atoms with Crippen LogP contribution >= 0.6 is 0 Å². The largest absolute Gasteiger partial charge is 0.405 e. The molecule has 0 aliphatic rings. The van der Waals surface area contributed by atoms with Gasteiger partial charge in [-0.15, -0.1) is 0 Å². The number of carbonyl (C=O) groups is 1. The second-order valence-corrected chi connectivity index (χ2v) is 8.70. The van der Waals surface area contributed by atoms with E-state index in [1.54, 1.807) is 5.32 Å². The maximum atomic E-state index is 12.0. The first-order chi connectivity index (χ1) is 9.22. The second kappa shape index (κ2) is 7.44. The topological polar surface area (TPSA) is 96.0 Å². The molecule has 9 heteroatoms. The summed E-state index contributed by atoms with van der Waals surface area (Å²) in [7, 11) is -2.87. The Labute approximate surface area is 123 Å². The minimum atomic E-state index is -4.49. The Kier molecular flexibility index (Phi) is 7.14. The smallest absolute Gasteiger partial charge is 0.346 e. The summed E-state index contributed by atoms with van der Waals surface area (Å²) in [6, 6.07) is -1.19. The van der Waals surface area contributed by atoms with Gasteiger partial charge in [0.25, 0.3) is 0 Å². The van der Waals surface area contributed by atoms with Crippen molar-refractivity contribution in [1.82, 2.24) is 5.32 Å². The van der Waals surface area contributed by atoms with E-state index in [-0.39, 0.29) is 23.3 Å². The molecule has 0 aliphatic carbocycles. The van der Waals surface area contributed by atoms with Crippen LogP contribution in [-0.4, -0.2) is 40.4 Å². The van der Waals surface area contributed by atoms with Crippen molar-refractivity contribution in [2.24, 2.45) is 11.1 Å². The highest BCUT2D eigenvalue weighted by Crippen LogP contribution is 2.20. The Hall–Kier alpha value is -0.830. The van der Waals surface area contributed by atoms with E-state index in [2.05, 4.69) is 0 Å². The third-order valence-electron chi connectivity index (χ3n) is 2.74. The van der Waals surface area contributed by atoms with Gasteiger partial charge in [-0.25, -0.2) is 4.21 Å². The van der Waals surface area contributed by atoms with Gasteiger partial charge in [-0.05, 0) is 18.3 Å². The van der Waals surface area contributed by atoms with Crippen molar-refractivity contribution in [1.29, 1.82) is 4.78 Å². The van der Waals surface area contributed by atoms with Crippen molar-refractivity contribution >= 4 is 15.6 Å². The SMILES string of the molecule is CC(C)(C)CCS(=N)(=O)CC[C@H](N)C(=O)NCC(F)(F)F. The highest BCUT2D eigenvalue weighted by Gasteiger charge is 2.29. The molecule has 0 rings (SSSR count). The molecule has 0 fully saturated rings. The van der Waals surface area contributed by atoms with Crippen molar-refractivity contribution < 1.29 is 22.2 Å². The highest BCUT2D eigenvalue weighted by atomic mass is 32.2.